The van der Waals surface area contributed by atoms with Crippen molar-refractivity contribution in [1.29, 1.82) is 0 Å². The topological polar surface area (TPSA) is 106 Å². The summed E-state index contributed by atoms with van der Waals surface area (Å²) in [7, 11) is 1.38. The average Bonchev–Trinajstić information content (AvgIpc) is 2.87. The molecular weight excluding hydrogens is 256 g/mol. The third-order valence-corrected chi connectivity index (χ3v) is 3.25. The van der Waals surface area contributed by atoms with Crippen LogP contribution < -0.4 is 5.73 Å². The molecule has 0 atom stereocenters. The highest BCUT2D eigenvalue weighted by Crippen LogP contribution is 2.26. The summed E-state index contributed by atoms with van der Waals surface area (Å²) in [5, 5.41) is 4.57. The summed E-state index contributed by atoms with van der Waals surface area (Å²) >= 11 is 1.32. The van der Waals surface area contributed by atoms with Gasteiger partial charge in [0.1, 0.15) is 17.1 Å². The van der Waals surface area contributed by atoms with Crippen LogP contribution in [0.3, 0.4) is 0 Å². The number of nitrogens with two attached hydrogens (primary N) is 1. The Morgan fingerprint density at radius 2 is 1.94 bits per heavy atom. The number of thioether (sulfide) groups is 1. The number of aromatic nitrogens is 4. The van der Waals surface area contributed by atoms with Crippen LogP contribution in [0.4, 0.5) is 5.82 Å². The minimum atomic E-state index is -0.474. The number of anilines is 1. The highest BCUT2D eigenvalue weighted by molar-refractivity contribution is 7.98. The van der Waals surface area contributed by atoms with E-state index in [1.54, 1.807) is 0 Å². The minimum Gasteiger partial charge on any atom is -0.383 e. The lowest BCUT2D eigenvalue weighted by Crippen LogP contribution is -2.24. The predicted octanol–water partition coefficient (Wildman–Crippen LogP) is -0.346. The van der Waals surface area contributed by atoms with Gasteiger partial charge in [-0.2, -0.15) is 9.50 Å². The molecule has 2 N–H and O–H groups in total. The van der Waals surface area contributed by atoms with Gasteiger partial charge >= 0.3 is 0 Å². The molecule has 0 aromatic carbocycles. The first kappa shape index (κ1) is 11.0. The summed E-state index contributed by atoms with van der Waals surface area (Å²) in [6.45, 7) is 0. The van der Waals surface area contributed by atoms with Crippen molar-refractivity contribution in [1.82, 2.24) is 24.5 Å². The molecule has 0 radical (unpaired) electrons. The van der Waals surface area contributed by atoms with Crippen molar-refractivity contribution in [3.05, 3.63) is 11.3 Å². The second kappa shape index (κ2) is 3.42. The van der Waals surface area contributed by atoms with Crippen LogP contribution in [0, 0.1) is 0 Å². The zero-order chi connectivity index (χ0) is 13.0. The van der Waals surface area contributed by atoms with Gasteiger partial charge in [0.15, 0.2) is 0 Å². The molecule has 3 rings (SSSR count). The Morgan fingerprint density at radius 3 is 2.61 bits per heavy atom. The first-order valence-electron chi connectivity index (χ1n) is 4.97. The number of rotatable bonds is 1. The fourth-order valence-electron chi connectivity index (χ4n) is 1.77. The van der Waals surface area contributed by atoms with Crippen LogP contribution in [-0.2, 0) is 0 Å². The zero-order valence-electron chi connectivity index (χ0n) is 9.54. The fraction of sp³-hybridized carbons (Fsp3) is 0.222. The average molecular weight is 264 g/mol. The molecule has 2 aromatic heterocycles. The van der Waals surface area contributed by atoms with E-state index >= 15 is 0 Å². The van der Waals surface area contributed by atoms with Crippen LogP contribution in [0.2, 0.25) is 0 Å². The van der Waals surface area contributed by atoms with E-state index in [1.165, 1.54) is 23.3 Å². The number of amides is 2. The van der Waals surface area contributed by atoms with E-state index in [2.05, 4.69) is 15.1 Å². The van der Waals surface area contributed by atoms with Gasteiger partial charge in [-0.05, 0) is 6.26 Å². The predicted molar refractivity (Wildman–Crippen MR) is 63.4 cm³/mol. The summed E-state index contributed by atoms with van der Waals surface area (Å²) in [6, 6.07) is 0. The van der Waals surface area contributed by atoms with E-state index < -0.39 is 11.8 Å². The second-order valence-electron chi connectivity index (χ2n) is 3.70. The summed E-state index contributed by atoms with van der Waals surface area (Å²) in [4.78, 5) is 32.8. The first-order valence-corrected chi connectivity index (χ1v) is 6.19. The smallest absolute Gasteiger partial charge is 0.280 e. The molecule has 0 spiro atoms. The Kier molecular flexibility index (Phi) is 2.08. The summed E-state index contributed by atoms with van der Waals surface area (Å²) in [6.07, 6.45) is 1.81. The molecule has 3 heterocycles. The van der Waals surface area contributed by atoms with Gasteiger partial charge in [0.05, 0.1) is 0 Å². The van der Waals surface area contributed by atoms with Crippen molar-refractivity contribution < 1.29 is 9.59 Å². The Balaban J connectivity index is 2.38. The summed E-state index contributed by atoms with van der Waals surface area (Å²) in [5.41, 5.74) is 5.99. The third-order valence-electron chi connectivity index (χ3n) is 2.71. The van der Waals surface area contributed by atoms with E-state index in [1.807, 2.05) is 6.26 Å². The van der Waals surface area contributed by atoms with Gasteiger partial charge in [-0.25, -0.2) is 4.98 Å². The molecule has 2 aromatic rings. The van der Waals surface area contributed by atoms with Crippen LogP contribution in [0.5, 0.6) is 0 Å². The SMILES string of the molecule is CSc1nc2nc3c(c(N)n2n1)C(=O)N(C)C3=O. The normalized spacial score (nSPS) is 14.7. The molecular formula is C9H8N6O2S. The Morgan fingerprint density at radius 1 is 1.22 bits per heavy atom. The highest BCUT2D eigenvalue weighted by Gasteiger charge is 2.38. The molecule has 0 unspecified atom stereocenters. The maximum atomic E-state index is 11.9. The largest absolute Gasteiger partial charge is 0.383 e. The number of nitrogen functional groups attached to an aromatic ring is 1. The number of carbonyl (C=O) groups is 2. The molecule has 0 aliphatic carbocycles. The molecule has 0 saturated carbocycles. The van der Waals surface area contributed by atoms with Crippen LogP contribution in [0.1, 0.15) is 20.8 Å². The van der Waals surface area contributed by atoms with Crippen LogP contribution in [0.25, 0.3) is 5.78 Å². The molecule has 1 aliphatic rings. The van der Waals surface area contributed by atoms with Gasteiger partial charge in [0, 0.05) is 7.05 Å². The molecule has 92 valence electrons. The van der Waals surface area contributed by atoms with Crippen LogP contribution >= 0.6 is 11.8 Å². The molecule has 2 amide bonds. The fourth-order valence-corrected chi connectivity index (χ4v) is 2.11. The van der Waals surface area contributed by atoms with Crippen molar-refractivity contribution in [3.63, 3.8) is 0 Å². The summed E-state index contributed by atoms with van der Waals surface area (Å²) < 4.78 is 1.27. The van der Waals surface area contributed by atoms with E-state index in [0.29, 0.717) is 5.16 Å². The van der Waals surface area contributed by atoms with Gasteiger partial charge < -0.3 is 5.73 Å². The summed E-state index contributed by atoms with van der Waals surface area (Å²) in [5.74, 6) is -0.640. The van der Waals surface area contributed by atoms with Crippen molar-refractivity contribution in [2.75, 3.05) is 19.0 Å². The van der Waals surface area contributed by atoms with Gasteiger partial charge in [-0.3, -0.25) is 14.5 Å². The van der Waals surface area contributed by atoms with E-state index in [9.17, 15) is 9.59 Å². The quantitative estimate of drug-likeness (QED) is 0.554. The van der Waals surface area contributed by atoms with Gasteiger partial charge in [0.2, 0.25) is 5.16 Å². The lowest BCUT2D eigenvalue weighted by molar-refractivity contribution is 0.0691. The highest BCUT2D eigenvalue weighted by atomic mass is 32.2. The monoisotopic (exact) mass is 264 g/mol. The van der Waals surface area contributed by atoms with E-state index in [4.69, 9.17) is 5.73 Å². The lowest BCUT2D eigenvalue weighted by Gasteiger charge is -2.03. The minimum absolute atomic E-state index is 0.0348. The lowest BCUT2D eigenvalue weighted by atomic mass is 10.2. The van der Waals surface area contributed by atoms with Crippen LogP contribution in [-0.4, -0.2) is 49.6 Å². The molecule has 1 aliphatic heterocycles. The maximum Gasteiger partial charge on any atom is 0.280 e. The second-order valence-corrected chi connectivity index (χ2v) is 4.47. The molecule has 18 heavy (non-hydrogen) atoms. The Bertz CT molecular complexity index is 709. The van der Waals surface area contributed by atoms with Crippen molar-refractivity contribution in [2.24, 2.45) is 0 Å². The van der Waals surface area contributed by atoms with Crippen molar-refractivity contribution >= 4 is 35.2 Å². The van der Waals surface area contributed by atoms with Gasteiger partial charge in [-0.15, -0.1) is 5.10 Å². The van der Waals surface area contributed by atoms with E-state index in [-0.39, 0.29) is 22.9 Å². The molecule has 0 saturated heterocycles. The van der Waals surface area contributed by atoms with Gasteiger partial charge in [-0.1, -0.05) is 11.8 Å². The van der Waals surface area contributed by atoms with E-state index in [0.717, 1.165) is 4.90 Å². The number of hydrogen-bond donors (Lipinski definition) is 1. The number of imide groups is 1. The number of nitrogens with zero attached hydrogens (tertiary/aromatic N) is 5. The molecule has 8 nitrogen and oxygen atoms in total. The standard InChI is InChI=1S/C9H8N6O2S/c1-14-6(16)3-4(7(14)17)11-8-12-9(18-2)13-15(8)5(3)10/h10H2,1-2H3. The number of hydrogen-bond acceptors (Lipinski definition) is 7. The first-order chi connectivity index (χ1) is 8.54. The van der Waals surface area contributed by atoms with Crippen molar-refractivity contribution in [3.8, 4) is 0 Å². The number of carbonyl (C=O) groups excluding carboxylic acids is 2. The maximum absolute atomic E-state index is 11.9. The molecule has 0 fully saturated rings. The zero-order valence-corrected chi connectivity index (χ0v) is 10.4. The van der Waals surface area contributed by atoms with Gasteiger partial charge in [0.25, 0.3) is 17.6 Å². The number of fused-ring (bicyclic) bond motifs is 2. The van der Waals surface area contributed by atoms with Crippen molar-refractivity contribution in [2.45, 2.75) is 5.16 Å². The Labute approximate surface area is 105 Å². The Hall–Kier alpha value is -2.16. The molecule has 9 heteroatoms. The third kappa shape index (κ3) is 1.19. The van der Waals surface area contributed by atoms with Crippen LogP contribution in [0.15, 0.2) is 5.16 Å². The molecule has 0 bridgehead atoms.